The lowest BCUT2D eigenvalue weighted by atomic mass is 10.0. The van der Waals surface area contributed by atoms with E-state index in [1.165, 1.54) is 12.1 Å². The maximum Gasteiger partial charge on any atom is 0.307 e. The van der Waals surface area contributed by atoms with Crippen molar-refractivity contribution in [1.29, 1.82) is 5.26 Å². The first-order valence-electron chi connectivity index (χ1n) is 4.08. The molecular weight excluding hydrogens is 221 g/mol. The highest BCUT2D eigenvalue weighted by molar-refractivity contribution is 6.17. The molecule has 0 saturated carbocycles. The number of alkyl halides is 1. The number of rotatable bonds is 3. The van der Waals surface area contributed by atoms with Gasteiger partial charge in [-0.05, 0) is 6.07 Å². The number of halogens is 2. The molecule has 0 aliphatic heterocycles. The molecule has 1 aromatic rings. The van der Waals surface area contributed by atoms with Crippen LogP contribution in [0.4, 0.5) is 4.39 Å². The predicted octanol–water partition coefficient (Wildman–Crippen LogP) is 2.06. The Morgan fingerprint density at radius 1 is 1.60 bits per heavy atom. The summed E-state index contributed by atoms with van der Waals surface area (Å²) >= 11 is 5.47. The molecule has 0 saturated heterocycles. The van der Waals surface area contributed by atoms with Gasteiger partial charge in [-0.1, -0.05) is 6.07 Å². The summed E-state index contributed by atoms with van der Waals surface area (Å²) in [7, 11) is 0. The minimum atomic E-state index is -1.18. The van der Waals surface area contributed by atoms with Crippen molar-refractivity contribution in [2.24, 2.45) is 0 Å². The van der Waals surface area contributed by atoms with Crippen molar-refractivity contribution in [2.75, 3.05) is 0 Å². The van der Waals surface area contributed by atoms with Crippen LogP contribution < -0.4 is 0 Å². The summed E-state index contributed by atoms with van der Waals surface area (Å²) < 4.78 is 13.6. The summed E-state index contributed by atoms with van der Waals surface area (Å²) in [6, 6.07) is 4.50. The Bertz CT molecular complexity index is 440. The zero-order valence-electron chi connectivity index (χ0n) is 7.63. The number of nitrogens with zero attached hydrogens (tertiary/aromatic N) is 1. The maximum absolute atomic E-state index is 13.6. The Balaban J connectivity index is 3.30. The van der Waals surface area contributed by atoms with Gasteiger partial charge in [-0.2, -0.15) is 5.26 Å². The molecule has 0 heterocycles. The van der Waals surface area contributed by atoms with Crippen LogP contribution >= 0.6 is 11.6 Å². The Morgan fingerprint density at radius 3 is 2.73 bits per heavy atom. The van der Waals surface area contributed by atoms with E-state index in [4.69, 9.17) is 22.0 Å². The molecule has 5 heteroatoms. The van der Waals surface area contributed by atoms with Gasteiger partial charge < -0.3 is 5.11 Å². The van der Waals surface area contributed by atoms with E-state index in [0.717, 1.165) is 0 Å². The van der Waals surface area contributed by atoms with E-state index in [-0.39, 0.29) is 22.6 Å². The van der Waals surface area contributed by atoms with Crippen molar-refractivity contribution in [1.82, 2.24) is 0 Å². The van der Waals surface area contributed by atoms with Crippen LogP contribution in [0.15, 0.2) is 12.1 Å². The molecule has 15 heavy (non-hydrogen) atoms. The molecule has 1 aromatic carbocycles. The first kappa shape index (κ1) is 11.5. The summed E-state index contributed by atoms with van der Waals surface area (Å²) in [6.07, 6.45) is -0.514. The van der Waals surface area contributed by atoms with Crippen molar-refractivity contribution in [2.45, 2.75) is 12.3 Å². The number of carbonyl (C=O) groups is 1. The van der Waals surface area contributed by atoms with E-state index in [0.29, 0.717) is 0 Å². The Hall–Kier alpha value is -1.60. The third kappa shape index (κ3) is 2.45. The fourth-order valence-corrected chi connectivity index (χ4v) is 1.41. The van der Waals surface area contributed by atoms with E-state index in [2.05, 4.69) is 0 Å². The molecule has 78 valence electrons. The van der Waals surface area contributed by atoms with Crippen LogP contribution in [0, 0.1) is 17.1 Å². The summed E-state index contributed by atoms with van der Waals surface area (Å²) in [5.41, 5.74) is 0.124. The summed E-state index contributed by atoms with van der Waals surface area (Å²) in [5, 5.41) is 17.2. The van der Waals surface area contributed by atoms with Crippen molar-refractivity contribution < 1.29 is 14.3 Å². The molecule has 0 radical (unpaired) electrons. The zero-order chi connectivity index (χ0) is 11.4. The van der Waals surface area contributed by atoms with Gasteiger partial charge in [0.2, 0.25) is 0 Å². The van der Waals surface area contributed by atoms with Gasteiger partial charge in [0.1, 0.15) is 5.82 Å². The van der Waals surface area contributed by atoms with Gasteiger partial charge in [0, 0.05) is 11.1 Å². The fraction of sp³-hybridized carbons (Fsp3) is 0.200. The lowest BCUT2D eigenvalue weighted by molar-refractivity contribution is -0.136. The van der Waals surface area contributed by atoms with E-state index in [1.807, 2.05) is 0 Å². The second kappa shape index (κ2) is 4.76. The smallest absolute Gasteiger partial charge is 0.307 e. The summed E-state index contributed by atoms with van der Waals surface area (Å²) in [5.74, 6) is -1.94. The fourth-order valence-electron chi connectivity index (χ4n) is 1.20. The SMILES string of the molecule is N#Cc1ccc(CCl)c(F)c1CC(=O)O. The van der Waals surface area contributed by atoms with Gasteiger partial charge in [0.25, 0.3) is 0 Å². The van der Waals surface area contributed by atoms with E-state index >= 15 is 0 Å². The van der Waals surface area contributed by atoms with E-state index in [9.17, 15) is 9.18 Å². The molecule has 3 nitrogen and oxygen atoms in total. The minimum absolute atomic E-state index is 0.0313. The lowest BCUT2D eigenvalue weighted by Gasteiger charge is -2.06. The zero-order valence-corrected chi connectivity index (χ0v) is 8.38. The molecule has 0 atom stereocenters. The third-order valence-electron chi connectivity index (χ3n) is 1.92. The molecule has 0 spiro atoms. The first-order chi connectivity index (χ1) is 7.10. The van der Waals surface area contributed by atoms with Crippen LogP contribution in [0.1, 0.15) is 16.7 Å². The van der Waals surface area contributed by atoms with Gasteiger partial charge >= 0.3 is 5.97 Å². The molecule has 0 unspecified atom stereocenters. The molecule has 0 aliphatic rings. The van der Waals surface area contributed by atoms with Gasteiger partial charge in [0.05, 0.1) is 23.9 Å². The largest absolute Gasteiger partial charge is 0.481 e. The molecule has 0 aromatic heterocycles. The number of hydrogen-bond acceptors (Lipinski definition) is 2. The molecule has 1 N–H and O–H groups in total. The molecule has 0 bridgehead atoms. The monoisotopic (exact) mass is 227 g/mol. The maximum atomic E-state index is 13.6. The van der Waals surface area contributed by atoms with Crippen molar-refractivity contribution in [3.8, 4) is 6.07 Å². The molecule has 0 aliphatic carbocycles. The number of carboxylic acid groups (broad SMARTS) is 1. The Labute approximate surface area is 90.7 Å². The van der Waals surface area contributed by atoms with Crippen LogP contribution in [0.3, 0.4) is 0 Å². The predicted molar refractivity (Wildman–Crippen MR) is 52.0 cm³/mol. The number of hydrogen-bond donors (Lipinski definition) is 1. The highest BCUT2D eigenvalue weighted by Crippen LogP contribution is 2.19. The van der Waals surface area contributed by atoms with E-state index < -0.39 is 18.2 Å². The first-order valence-corrected chi connectivity index (χ1v) is 4.61. The average Bonchev–Trinajstić information content (AvgIpc) is 2.20. The summed E-state index contributed by atoms with van der Waals surface area (Å²) in [4.78, 5) is 10.5. The van der Waals surface area contributed by atoms with Crippen molar-refractivity contribution in [3.63, 3.8) is 0 Å². The Morgan fingerprint density at radius 2 is 2.27 bits per heavy atom. The lowest BCUT2D eigenvalue weighted by Crippen LogP contribution is -2.06. The number of aliphatic carboxylic acids is 1. The van der Waals surface area contributed by atoms with Gasteiger partial charge in [0.15, 0.2) is 0 Å². The number of nitriles is 1. The Kier molecular flexibility index (Phi) is 3.64. The topological polar surface area (TPSA) is 61.1 Å². The quantitative estimate of drug-likeness (QED) is 0.804. The van der Waals surface area contributed by atoms with Gasteiger partial charge in [-0.15, -0.1) is 11.6 Å². The summed E-state index contributed by atoms with van der Waals surface area (Å²) in [6.45, 7) is 0. The van der Waals surface area contributed by atoms with Crippen LogP contribution in [0.5, 0.6) is 0 Å². The number of carboxylic acids is 1. The van der Waals surface area contributed by atoms with Gasteiger partial charge in [-0.3, -0.25) is 4.79 Å². The molecule has 1 rings (SSSR count). The molecular formula is C10H7ClFNO2. The van der Waals surface area contributed by atoms with Crippen LogP contribution in [0.25, 0.3) is 0 Å². The van der Waals surface area contributed by atoms with Crippen LogP contribution in [-0.2, 0) is 17.1 Å². The molecule has 0 fully saturated rings. The number of benzene rings is 1. The van der Waals surface area contributed by atoms with Crippen LogP contribution in [0.2, 0.25) is 0 Å². The normalized spacial score (nSPS) is 9.67. The van der Waals surface area contributed by atoms with E-state index in [1.54, 1.807) is 6.07 Å². The highest BCUT2D eigenvalue weighted by Gasteiger charge is 2.15. The average molecular weight is 228 g/mol. The van der Waals surface area contributed by atoms with Gasteiger partial charge in [-0.25, -0.2) is 4.39 Å². The van der Waals surface area contributed by atoms with Crippen LogP contribution in [-0.4, -0.2) is 11.1 Å². The molecule has 0 amide bonds. The second-order valence-electron chi connectivity index (χ2n) is 2.88. The highest BCUT2D eigenvalue weighted by atomic mass is 35.5. The third-order valence-corrected chi connectivity index (χ3v) is 2.20. The van der Waals surface area contributed by atoms with Crippen molar-refractivity contribution >= 4 is 17.6 Å². The minimum Gasteiger partial charge on any atom is -0.481 e. The second-order valence-corrected chi connectivity index (χ2v) is 3.15. The van der Waals surface area contributed by atoms with Crippen molar-refractivity contribution in [3.05, 3.63) is 34.6 Å². The standard InChI is InChI=1S/C10H7ClFNO2/c11-4-6-1-2-7(5-13)8(10(6)12)3-9(14)15/h1-2H,3-4H2,(H,14,15).